The van der Waals surface area contributed by atoms with Gasteiger partial charge in [0.2, 0.25) is 0 Å². The van der Waals surface area contributed by atoms with Crippen LogP contribution in [0.3, 0.4) is 0 Å². The summed E-state index contributed by atoms with van der Waals surface area (Å²) in [6, 6.07) is 4.42. The molecule has 0 radical (unpaired) electrons. The number of amidine groups is 1. The number of hydrogen-bond donors (Lipinski definition) is 1. The summed E-state index contributed by atoms with van der Waals surface area (Å²) in [6.07, 6.45) is 9.89. The first-order valence-corrected chi connectivity index (χ1v) is 10.3. The van der Waals surface area contributed by atoms with E-state index in [0.717, 1.165) is 31.4 Å². The van der Waals surface area contributed by atoms with Gasteiger partial charge in [0.1, 0.15) is 6.54 Å². The molecule has 7 nitrogen and oxygen atoms in total. The molecular weight excluding hydrogens is 368 g/mol. The molecule has 1 N–H and O–H groups in total. The van der Waals surface area contributed by atoms with Crippen LogP contribution in [0.5, 0.6) is 0 Å². The molecule has 2 aliphatic carbocycles. The van der Waals surface area contributed by atoms with Crippen LogP contribution in [0.2, 0.25) is 0 Å². The average Bonchev–Trinajstić information content (AvgIpc) is 3.48. The first kappa shape index (κ1) is 18.1. The fourth-order valence-electron chi connectivity index (χ4n) is 4.62. The van der Waals surface area contributed by atoms with Crippen LogP contribution in [0.25, 0.3) is 0 Å². The molecule has 0 saturated carbocycles. The third kappa shape index (κ3) is 2.96. The molecule has 2 aromatic rings. The minimum atomic E-state index is -1.44. The van der Waals surface area contributed by atoms with Crippen molar-refractivity contribution in [1.82, 2.24) is 9.97 Å². The van der Waals surface area contributed by atoms with Gasteiger partial charge in [-0.05, 0) is 73.8 Å². The summed E-state index contributed by atoms with van der Waals surface area (Å²) in [7, 11) is 0. The Morgan fingerprint density at radius 2 is 1.83 bits per heavy atom. The van der Waals surface area contributed by atoms with Crippen LogP contribution in [-0.2, 0) is 45.6 Å². The summed E-state index contributed by atoms with van der Waals surface area (Å²) in [6.45, 7) is 2.11. The fraction of sp³-hybridized carbons (Fsp3) is 0.455. The zero-order valence-corrected chi connectivity index (χ0v) is 16.5. The van der Waals surface area contributed by atoms with E-state index in [-0.39, 0.29) is 19.0 Å². The highest BCUT2D eigenvalue weighted by Gasteiger charge is 2.52. The van der Waals surface area contributed by atoms with Crippen LogP contribution < -0.4 is 5.32 Å². The number of nitrogens with one attached hydrogen (secondary N) is 1. The number of carbonyl (C=O) groups excluding carboxylic acids is 1. The topological polar surface area (TPSA) is 85.7 Å². The predicted molar refractivity (Wildman–Crippen MR) is 108 cm³/mol. The number of anilines is 1. The van der Waals surface area contributed by atoms with Crippen molar-refractivity contribution in [3.05, 3.63) is 52.6 Å². The Labute approximate surface area is 169 Å². The van der Waals surface area contributed by atoms with E-state index in [1.165, 1.54) is 35.1 Å². The molecule has 7 heteroatoms. The summed E-state index contributed by atoms with van der Waals surface area (Å²) in [5.74, 6) is -0.252. The predicted octanol–water partition coefficient (Wildman–Crippen LogP) is 2.71. The zero-order valence-electron chi connectivity index (χ0n) is 16.5. The molecule has 3 aliphatic rings. The lowest BCUT2D eigenvalue weighted by Crippen LogP contribution is -2.43. The molecule has 0 spiro atoms. The van der Waals surface area contributed by atoms with Crippen LogP contribution in [-0.4, -0.2) is 35.1 Å². The standard InChI is InChI=1S/C22H24N4O3/c1-2-28-20(27)22(19-23-10-5-11-24-19)13-25-21(29-22)26-18-16-8-3-6-14(16)12-15-7-4-9-17(15)18/h5,10-12H,2-4,6-9,13H2,1H3,(H,25,26). The average molecular weight is 392 g/mol. The summed E-state index contributed by atoms with van der Waals surface area (Å²) in [5.41, 5.74) is 5.26. The Kier molecular flexibility index (Phi) is 4.45. The van der Waals surface area contributed by atoms with E-state index < -0.39 is 11.6 Å². The van der Waals surface area contributed by atoms with E-state index in [1.807, 2.05) is 0 Å². The molecular formula is C22H24N4O3. The summed E-state index contributed by atoms with van der Waals surface area (Å²) in [5, 5.41) is 3.43. The van der Waals surface area contributed by atoms with Gasteiger partial charge >= 0.3 is 5.97 Å². The van der Waals surface area contributed by atoms with Crippen molar-refractivity contribution in [3.63, 3.8) is 0 Å². The van der Waals surface area contributed by atoms with Crippen molar-refractivity contribution in [2.75, 3.05) is 18.5 Å². The Bertz CT molecular complexity index is 957. The van der Waals surface area contributed by atoms with Crippen LogP contribution in [0, 0.1) is 0 Å². The summed E-state index contributed by atoms with van der Waals surface area (Å²) >= 11 is 0. The number of ether oxygens (including phenoxy) is 2. The van der Waals surface area contributed by atoms with Gasteiger partial charge in [0.05, 0.1) is 6.61 Å². The number of benzene rings is 1. The van der Waals surface area contributed by atoms with Crippen molar-refractivity contribution >= 4 is 17.7 Å². The first-order valence-electron chi connectivity index (χ1n) is 10.3. The van der Waals surface area contributed by atoms with Gasteiger partial charge in [-0.2, -0.15) is 0 Å². The van der Waals surface area contributed by atoms with Gasteiger partial charge in [0, 0.05) is 18.1 Å². The van der Waals surface area contributed by atoms with E-state index in [0.29, 0.717) is 6.02 Å². The van der Waals surface area contributed by atoms with Gasteiger partial charge < -0.3 is 14.8 Å². The maximum absolute atomic E-state index is 12.8. The third-order valence-electron chi connectivity index (χ3n) is 5.95. The lowest BCUT2D eigenvalue weighted by atomic mass is 9.99. The van der Waals surface area contributed by atoms with Crippen LogP contribution in [0.4, 0.5) is 5.69 Å². The van der Waals surface area contributed by atoms with E-state index in [9.17, 15) is 4.79 Å². The molecule has 0 bridgehead atoms. The second-order valence-electron chi connectivity index (χ2n) is 7.70. The number of aromatic nitrogens is 2. The third-order valence-corrected chi connectivity index (χ3v) is 5.95. The molecule has 0 amide bonds. The zero-order chi connectivity index (χ0) is 19.8. The SMILES string of the molecule is CCOC(=O)C1(c2ncccn2)CN=C(Nc2c3c(cc4c2CCC4)CCC3)O1. The van der Waals surface area contributed by atoms with Crippen molar-refractivity contribution in [2.45, 2.75) is 51.0 Å². The van der Waals surface area contributed by atoms with Gasteiger partial charge in [0.15, 0.2) is 5.82 Å². The number of esters is 1. The highest BCUT2D eigenvalue weighted by Crippen LogP contribution is 2.39. The van der Waals surface area contributed by atoms with E-state index in [4.69, 9.17) is 9.47 Å². The first-order chi connectivity index (χ1) is 14.2. The van der Waals surface area contributed by atoms with Crippen molar-refractivity contribution in [2.24, 2.45) is 4.99 Å². The Hall–Kier alpha value is -2.96. The quantitative estimate of drug-likeness (QED) is 0.806. The molecule has 1 atom stereocenters. The largest absolute Gasteiger partial charge is 0.463 e. The molecule has 1 aliphatic heterocycles. The van der Waals surface area contributed by atoms with Crippen LogP contribution in [0.15, 0.2) is 29.5 Å². The van der Waals surface area contributed by atoms with Gasteiger partial charge in [-0.25, -0.2) is 19.8 Å². The van der Waals surface area contributed by atoms with Gasteiger partial charge in [-0.3, -0.25) is 0 Å². The highest BCUT2D eigenvalue weighted by molar-refractivity contribution is 5.96. The smallest absolute Gasteiger partial charge is 0.360 e. The molecule has 5 rings (SSSR count). The van der Waals surface area contributed by atoms with Crippen LogP contribution >= 0.6 is 0 Å². The number of nitrogens with zero attached hydrogens (tertiary/aromatic N) is 3. The van der Waals surface area contributed by atoms with Gasteiger partial charge in [-0.15, -0.1) is 0 Å². The molecule has 1 aromatic carbocycles. The number of rotatable bonds is 4. The fourth-order valence-corrected chi connectivity index (χ4v) is 4.62. The number of aryl methyl sites for hydroxylation is 2. The Morgan fingerprint density at radius 3 is 2.48 bits per heavy atom. The number of aliphatic imine (C=N–C) groups is 1. The normalized spacial score (nSPS) is 21.9. The van der Waals surface area contributed by atoms with Crippen molar-refractivity contribution < 1.29 is 14.3 Å². The number of carbonyl (C=O) groups is 1. The maximum Gasteiger partial charge on any atom is 0.360 e. The highest BCUT2D eigenvalue weighted by atomic mass is 16.6. The molecule has 2 heterocycles. The molecule has 29 heavy (non-hydrogen) atoms. The second kappa shape index (κ2) is 7.13. The van der Waals surface area contributed by atoms with Crippen molar-refractivity contribution in [1.29, 1.82) is 0 Å². The maximum atomic E-state index is 12.8. The molecule has 0 fully saturated rings. The molecule has 1 unspecified atom stereocenters. The molecule has 1 aromatic heterocycles. The Balaban J connectivity index is 1.47. The van der Waals surface area contributed by atoms with E-state index >= 15 is 0 Å². The summed E-state index contributed by atoms with van der Waals surface area (Å²) < 4.78 is 11.4. The van der Waals surface area contributed by atoms with Gasteiger partial charge in [0.25, 0.3) is 11.6 Å². The molecule has 150 valence electrons. The van der Waals surface area contributed by atoms with Crippen LogP contribution in [0.1, 0.15) is 47.8 Å². The molecule has 0 saturated heterocycles. The van der Waals surface area contributed by atoms with Gasteiger partial charge in [-0.1, -0.05) is 6.07 Å². The van der Waals surface area contributed by atoms with E-state index in [1.54, 1.807) is 25.4 Å². The summed E-state index contributed by atoms with van der Waals surface area (Å²) in [4.78, 5) is 25.8. The lowest BCUT2D eigenvalue weighted by Gasteiger charge is -2.25. The van der Waals surface area contributed by atoms with Crippen molar-refractivity contribution in [3.8, 4) is 0 Å². The number of fused-ring (bicyclic) bond motifs is 2. The second-order valence-corrected chi connectivity index (χ2v) is 7.70. The lowest BCUT2D eigenvalue weighted by molar-refractivity contribution is -0.162. The monoisotopic (exact) mass is 392 g/mol. The Morgan fingerprint density at radius 1 is 1.14 bits per heavy atom. The number of hydrogen-bond acceptors (Lipinski definition) is 7. The van der Waals surface area contributed by atoms with E-state index in [2.05, 4.69) is 26.3 Å². The minimum absolute atomic E-state index is 0.0927. The minimum Gasteiger partial charge on any atom is -0.463 e.